The Morgan fingerprint density at radius 2 is 2.12 bits per heavy atom. The van der Waals surface area contributed by atoms with Gasteiger partial charge in [-0.05, 0) is 74.3 Å². The lowest BCUT2D eigenvalue weighted by molar-refractivity contribution is -0.121. The minimum atomic E-state index is 0.0168. The van der Waals surface area contributed by atoms with Gasteiger partial charge in [0.05, 0.1) is 12.2 Å². The van der Waals surface area contributed by atoms with Gasteiger partial charge in [-0.1, -0.05) is 36.3 Å². The first-order valence-corrected chi connectivity index (χ1v) is 12.5. The largest absolute Gasteiger partial charge is 0.332 e. The van der Waals surface area contributed by atoms with Crippen molar-refractivity contribution in [3.63, 3.8) is 0 Å². The SMILES string of the molecule is Cc1cccc(C(=O)N2CCc3c(ncnc3NC(=O)CC34CC5=CC(C)(CC(C5)C3)C4)C2)c1. The lowest BCUT2D eigenvalue weighted by Crippen LogP contribution is -2.47. The van der Waals surface area contributed by atoms with E-state index in [1.165, 1.54) is 25.6 Å². The molecule has 4 bridgehead atoms. The highest BCUT2D eigenvalue weighted by molar-refractivity contribution is 5.95. The number of hydrogen-bond donors (Lipinski definition) is 1. The fourth-order valence-corrected chi connectivity index (χ4v) is 7.57. The van der Waals surface area contributed by atoms with Crippen LogP contribution in [0.3, 0.4) is 0 Å². The summed E-state index contributed by atoms with van der Waals surface area (Å²) in [7, 11) is 0. The molecule has 34 heavy (non-hydrogen) atoms. The van der Waals surface area contributed by atoms with Gasteiger partial charge in [-0.3, -0.25) is 9.59 Å². The fraction of sp³-hybridized carbons (Fsp3) is 0.500. The van der Waals surface area contributed by atoms with Gasteiger partial charge in [-0.25, -0.2) is 9.97 Å². The second kappa shape index (κ2) is 7.76. The molecule has 6 nitrogen and oxygen atoms in total. The van der Waals surface area contributed by atoms with Gasteiger partial charge in [0, 0.05) is 24.1 Å². The number of carbonyl (C=O) groups excluding carboxylic acids is 2. The molecule has 0 spiro atoms. The summed E-state index contributed by atoms with van der Waals surface area (Å²) in [5.74, 6) is 1.44. The Kier molecular flexibility index (Phi) is 4.91. The standard InChI is InChI=1S/C28H32N4O2/c1-18-4-3-5-21(8-18)26(34)32-7-6-22-23(15-32)29-17-30-25(22)31-24(33)14-28-12-19-9-20(13-28)11-27(2,10-19)16-28/h3-5,8,10,17,20H,6-7,9,11-16H2,1-2H3,(H,29,30,31,33). The van der Waals surface area contributed by atoms with Crippen LogP contribution in [-0.4, -0.2) is 33.2 Å². The molecule has 1 aromatic heterocycles. The van der Waals surface area contributed by atoms with Crippen molar-refractivity contribution in [1.29, 1.82) is 0 Å². The van der Waals surface area contributed by atoms with Crippen molar-refractivity contribution in [3.8, 4) is 0 Å². The van der Waals surface area contributed by atoms with E-state index < -0.39 is 0 Å². The molecule has 2 heterocycles. The van der Waals surface area contributed by atoms with E-state index >= 15 is 0 Å². The van der Waals surface area contributed by atoms with Crippen LogP contribution in [0.15, 0.2) is 42.2 Å². The molecular weight excluding hydrogens is 424 g/mol. The highest BCUT2D eigenvalue weighted by atomic mass is 16.2. The number of amides is 2. The minimum Gasteiger partial charge on any atom is -0.332 e. The first-order valence-electron chi connectivity index (χ1n) is 12.5. The second-order valence-electron chi connectivity index (χ2n) is 11.5. The van der Waals surface area contributed by atoms with E-state index in [9.17, 15) is 9.59 Å². The van der Waals surface area contributed by atoms with Gasteiger partial charge in [0.2, 0.25) is 5.91 Å². The predicted molar refractivity (Wildman–Crippen MR) is 130 cm³/mol. The Labute approximate surface area is 200 Å². The second-order valence-corrected chi connectivity index (χ2v) is 11.5. The summed E-state index contributed by atoms with van der Waals surface area (Å²) in [4.78, 5) is 36.9. The third kappa shape index (κ3) is 3.83. The van der Waals surface area contributed by atoms with Gasteiger partial charge in [-0.2, -0.15) is 0 Å². The predicted octanol–water partition coefficient (Wildman–Crippen LogP) is 4.84. The van der Waals surface area contributed by atoms with E-state index in [4.69, 9.17) is 0 Å². The lowest BCUT2D eigenvalue weighted by Gasteiger charge is -2.57. The number of benzene rings is 1. The number of hydrogen-bond acceptors (Lipinski definition) is 4. The van der Waals surface area contributed by atoms with Crippen molar-refractivity contribution in [1.82, 2.24) is 14.9 Å². The molecule has 4 aliphatic carbocycles. The smallest absolute Gasteiger partial charge is 0.254 e. The summed E-state index contributed by atoms with van der Waals surface area (Å²) in [6, 6.07) is 7.68. The van der Waals surface area contributed by atoms with Crippen molar-refractivity contribution in [3.05, 3.63) is 64.6 Å². The van der Waals surface area contributed by atoms with Crippen molar-refractivity contribution in [2.24, 2.45) is 16.7 Å². The molecule has 176 valence electrons. The number of nitrogens with zero attached hydrogens (tertiary/aromatic N) is 3. The van der Waals surface area contributed by atoms with E-state index in [1.54, 1.807) is 5.57 Å². The Hall–Kier alpha value is -3.02. The molecule has 3 atom stereocenters. The van der Waals surface area contributed by atoms with E-state index in [1.807, 2.05) is 36.1 Å². The topological polar surface area (TPSA) is 75.2 Å². The molecule has 2 fully saturated rings. The molecule has 1 aliphatic heterocycles. The van der Waals surface area contributed by atoms with Crippen LogP contribution in [0.4, 0.5) is 5.82 Å². The third-order valence-electron chi connectivity index (χ3n) is 8.31. The van der Waals surface area contributed by atoms with Crippen LogP contribution in [0.25, 0.3) is 0 Å². The molecule has 1 aromatic carbocycles. The Balaban J connectivity index is 1.16. The zero-order valence-corrected chi connectivity index (χ0v) is 20.1. The number of carbonyl (C=O) groups is 2. The van der Waals surface area contributed by atoms with Crippen LogP contribution in [0, 0.1) is 23.7 Å². The molecule has 6 heteroatoms. The van der Waals surface area contributed by atoms with Crippen molar-refractivity contribution in [2.45, 2.75) is 65.3 Å². The summed E-state index contributed by atoms with van der Waals surface area (Å²) < 4.78 is 0. The van der Waals surface area contributed by atoms with Crippen molar-refractivity contribution >= 4 is 17.6 Å². The highest BCUT2D eigenvalue weighted by Gasteiger charge is 2.52. The van der Waals surface area contributed by atoms with E-state index in [2.05, 4.69) is 28.3 Å². The van der Waals surface area contributed by atoms with Crippen molar-refractivity contribution in [2.75, 3.05) is 11.9 Å². The van der Waals surface area contributed by atoms with E-state index in [-0.39, 0.29) is 22.6 Å². The van der Waals surface area contributed by atoms with Crippen molar-refractivity contribution < 1.29 is 9.59 Å². The Morgan fingerprint density at radius 3 is 2.91 bits per heavy atom. The molecule has 1 N–H and O–H groups in total. The first-order chi connectivity index (χ1) is 16.3. The first kappa shape index (κ1) is 21.5. The summed E-state index contributed by atoms with van der Waals surface area (Å²) in [5.41, 5.74) is 5.51. The Bertz CT molecular complexity index is 1220. The van der Waals surface area contributed by atoms with Crippen LogP contribution in [-0.2, 0) is 17.8 Å². The molecule has 0 radical (unpaired) electrons. The van der Waals surface area contributed by atoms with Gasteiger partial charge in [0.1, 0.15) is 12.1 Å². The average molecular weight is 457 g/mol. The van der Waals surface area contributed by atoms with Gasteiger partial charge in [0.25, 0.3) is 5.91 Å². The number of anilines is 1. The molecule has 2 saturated carbocycles. The van der Waals surface area contributed by atoms with Crippen LogP contribution in [0.5, 0.6) is 0 Å². The minimum absolute atomic E-state index is 0.0168. The summed E-state index contributed by atoms with van der Waals surface area (Å²) in [6.45, 7) is 5.39. The molecule has 3 unspecified atom stereocenters. The average Bonchev–Trinajstić information content (AvgIpc) is 2.76. The zero-order chi connectivity index (χ0) is 23.5. The number of allylic oxidation sites excluding steroid dienone is 2. The number of rotatable bonds is 4. The maximum Gasteiger partial charge on any atom is 0.254 e. The lowest BCUT2D eigenvalue weighted by atomic mass is 9.48. The van der Waals surface area contributed by atoms with Crippen LogP contribution >= 0.6 is 0 Å². The van der Waals surface area contributed by atoms with Crippen LogP contribution < -0.4 is 5.32 Å². The molecule has 2 amide bonds. The molecule has 5 aliphatic rings. The molecule has 7 rings (SSSR count). The molecular formula is C28H32N4O2. The summed E-state index contributed by atoms with van der Waals surface area (Å²) in [5, 5.41) is 3.13. The Morgan fingerprint density at radius 1 is 1.24 bits per heavy atom. The van der Waals surface area contributed by atoms with Gasteiger partial charge < -0.3 is 10.2 Å². The van der Waals surface area contributed by atoms with Gasteiger partial charge in [-0.15, -0.1) is 0 Å². The number of aromatic nitrogens is 2. The fourth-order valence-electron chi connectivity index (χ4n) is 7.57. The zero-order valence-electron chi connectivity index (χ0n) is 20.1. The van der Waals surface area contributed by atoms with Gasteiger partial charge in [0.15, 0.2) is 0 Å². The van der Waals surface area contributed by atoms with E-state index in [0.29, 0.717) is 37.3 Å². The maximum absolute atomic E-state index is 13.2. The third-order valence-corrected chi connectivity index (χ3v) is 8.31. The summed E-state index contributed by atoms with van der Waals surface area (Å²) in [6.07, 6.45) is 11.1. The number of nitrogens with one attached hydrogen (secondary N) is 1. The summed E-state index contributed by atoms with van der Waals surface area (Å²) >= 11 is 0. The van der Waals surface area contributed by atoms with E-state index in [0.717, 1.165) is 35.6 Å². The maximum atomic E-state index is 13.2. The normalized spacial score (nSPS) is 28.9. The highest BCUT2D eigenvalue weighted by Crippen LogP contribution is 2.63. The number of fused-ring (bicyclic) bond motifs is 1. The molecule has 0 saturated heterocycles. The number of aryl methyl sites for hydroxylation is 1. The quantitative estimate of drug-likeness (QED) is 0.668. The van der Waals surface area contributed by atoms with Crippen LogP contribution in [0.2, 0.25) is 0 Å². The molecule has 2 aromatic rings. The van der Waals surface area contributed by atoms with Gasteiger partial charge >= 0.3 is 0 Å². The monoisotopic (exact) mass is 456 g/mol. The van der Waals surface area contributed by atoms with Crippen LogP contribution in [0.1, 0.15) is 72.6 Å².